The van der Waals surface area contributed by atoms with Crippen molar-refractivity contribution in [3.63, 3.8) is 0 Å². The second-order valence-electron chi connectivity index (χ2n) is 7.91. The number of carbonyl (C=O) groups is 3. The minimum atomic E-state index is -5.44. The number of ether oxygens (including phenoxy) is 1. The number of halogens is 4. The lowest BCUT2D eigenvalue weighted by Crippen LogP contribution is -2.60. The third-order valence-corrected chi connectivity index (χ3v) is 8.83. The van der Waals surface area contributed by atoms with Gasteiger partial charge in [0.05, 0.1) is 6.54 Å². The predicted octanol–water partition coefficient (Wildman–Crippen LogP) is 0.809. The van der Waals surface area contributed by atoms with Gasteiger partial charge in [-0.25, -0.2) is 13.2 Å². The molecule has 0 radical (unpaired) electrons. The molecule has 1 saturated heterocycles. The molecule has 12 nitrogen and oxygen atoms in total. The van der Waals surface area contributed by atoms with Gasteiger partial charge in [-0.3, -0.25) is 19.9 Å². The maximum Gasteiger partial charge on any atom is 0.491 e. The van der Waals surface area contributed by atoms with E-state index in [1.54, 1.807) is 18.2 Å². The SMILES string of the molecule is N=C(N)NCCCNC(=O)C(OC(=O)C(F)(F)F)N1CCN(S(=O)(=O)c2cc3ccc(Cl)cc3s2)CC1=O. The van der Waals surface area contributed by atoms with Crippen LogP contribution in [0.1, 0.15) is 6.42 Å². The lowest BCUT2D eigenvalue weighted by atomic mass is 10.3. The highest BCUT2D eigenvalue weighted by molar-refractivity contribution is 7.91. The second kappa shape index (κ2) is 11.7. The number of alkyl halides is 3. The summed E-state index contributed by atoms with van der Waals surface area (Å²) in [6, 6.07) is 6.20. The number of piperazine rings is 1. The molecule has 1 aliphatic rings. The van der Waals surface area contributed by atoms with Crippen molar-refractivity contribution in [3.8, 4) is 0 Å². The molecule has 1 atom stereocenters. The Kier molecular flexibility index (Phi) is 9.06. The molecule has 2 heterocycles. The Labute approximate surface area is 223 Å². The summed E-state index contributed by atoms with van der Waals surface area (Å²) < 4.78 is 70.5. The Hall–Kier alpha value is -3.15. The zero-order chi connectivity index (χ0) is 28.3. The third-order valence-electron chi connectivity index (χ3n) is 5.20. The van der Waals surface area contributed by atoms with Crippen LogP contribution in [0.4, 0.5) is 13.2 Å². The van der Waals surface area contributed by atoms with Gasteiger partial charge in [-0.05, 0) is 30.0 Å². The number of guanidine groups is 1. The Bertz CT molecular complexity index is 1350. The van der Waals surface area contributed by atoms with Crippen molar-refractivity contribution in [3.05, 3.63) is 29.3 Å². The van der Waals surface area contributed by atoms with E-state index in [1.807, 2.05) is 0 Å². The van der Waals surface area contributed by atoms with Crippen molar-refractivity contribution in [1.82, 2.24) is 19.8 Å². The molecule has 1 aromatic carbocycles. The molecule has 1 aromatic heterocycles. The number of hydrogen-bond donors (Lipinski definition) is 4. The minimum absolute atomic E-state index is 0.0759. The van der Waals surface area contributed by atoms with Gasteiger partial charge in [0, 0.05) is 35.9 Å². The van der Waals surface area contributed by atoms with Crippen LogP contribution in [0.25, 0.3) is 10.1 Å². The van der Waals surface area contributed by atoms with E-state index < -0.39 is 53.3 Å². The summed E-state index contributed by atoms with van der Waals surface area (Å²) in [6.45, 7) is -1.66. The summed E-state index contributed by atoms with van der Waals surface area (Å²) in [6.07, 6.45) is -7.53. The number of sulfonamides is 1. The molecule has 0 bridgehead atoms. The van der Waals surface area contributed by atoms with Crippen LogP contribution in [-0.4, -0.2) is 86.5 Å². The standard InChI is InChI=1S/C20H22ClF3N6O6S2/c21-12-3-2-11-8-15(37-13(11)9-12)38(34,35)29-6-7-30(14(31)10-29)17(36-18(33)20(22,23)24)16(32)27-4-1-5-28-19(25)26/h2-3,8-9,17H,1,4-7,10H2,(H,27,32)(H4,25,26,28). The molecular weight excluding hydrogens is 577 g/mol. The lowest BCUT2D eigenvalue weighted by Gasteiger charge is -2.36. The molecule has 0 saturated carbocycles. The monoisotopic (exact) mass is 598 g/mol. The lowest BCUT2D eigenvalue weighted by molar-refractivity contribution is -0.214. The summed E-state index contributed by atoms with van der Waals surface area (Å²) in [5, 5.41) is 12.8. The van der Waals surface area contributed by atoms with Gasteiger partial charge in [-0.2, -0.15) is 17.5 Å². The van der Waals surface area contributed by atoms with Crippen LogP contribution < -0.4 is 16.4 Å². The number of rotatable bonds is 9. The zero-order valence-electron chi connectivity index (χ0n) is 19.4. The minimum Gasteiger partial charge on any atom is -0.425 e. The van der Waals surface area contributed by atoms with Crippen LogP contribution in [0, 0.1) is 5.41 Å². The highest BCUT2D eigenvalue weighted by Crippen LogP contribution is 2.33. The average molecular weight is 599 g/mol. The average Bonchev–Trinajstić information content (AvgIpc) is 3.25. The van der Waals surface area contributed by atoms with E-state index in [0.29, 0.717) is 20.0 Å². The van der Waals surface area contributed by atoms with Crippen LogP contribution in [0.3, 0.4) is 0 Å². The van der Waals surface area contributed by atoms with Crippen LogP contribution in [0.15, 0.2) is 28.5 Å². The number of thiophene rings is 1. The summed E-state index contributed by atoms with van der Waals surface area (Å²) in [5.74, 6) is -5.28. The number of nitrogens with two attached hydrogens (primary N) is 1. The molecule has 0 spiro atoms. The first kappa shape index (κ1) is 29.4. The van der Waals surface area contributed by atoms with Crippen molar-refractivity contribution < 1.29 is 40.7 Å². The molecule has 2 amide bonds. The molecule has 2 aromatic rings. The first-order chi connectivity index (χ1) is 17.7. The van der Waals surface area contributed by atoms with Crippen LogP contribution in [-0.2, 0) is 29.1 Å². The van der Waals surface area contributed by atoms with E-state index in [1.165, 1.54) is 6.07 Å². The second-order valence-corrected chi connectivity index (χ2v) is 11.6. The van der Waals surface area contributed by atoms with Gasteiger partial charge < -0.3 is 21.1 Å². The van der Waals surface area contributed by atoms with E-state index in [0.717, 1.165) is 15.6 Å². The molecule has 5 N–H and O–H groups in total. The van der Waals surface area contributed by atoms with E-state index in [2.05, 4.69) is 15.4 Å². The summed E-state index contributed by atoms with van der Waals surface area (Å²) >= 11 is 6.87. The van der Waals surface area contributed by atoms with Gasteiger partial charge >= 0.3 is 12.1 Å². The van der Waals surface area contributed by atoms with Gasteiger partial charge in [-0.15, -0.1) is 11.3 Å². The number of esters is 1. The Balaban J connectivity index is 1.74. The number of carbonyl (C=O) groups excluding carboxylic acids is 3. The maximum absolute atomic E-state index is 13.1. The topological polar surface area (TPSA) is 175 Å². The fraction of sp³-hybridized carbons (Fsp3) is 0.400. The number of nitrogens with zero attached hydrogens (tertiary/aromatic N) is 2. The predicted molar refractivity (Wildman–Crippen MR) is 131 cm³/mol. The first-order valence-corrected chi connectivity index (χ1v) is 13.5. The van der Waals surface area contributed by atoms with Crippen LogP contribution in [0.5, 0.6) is 0 Å². The molecule has 208 valence electrons. The summed E-state index contributed by atoms with van der Waals surface area (Å²) in [7, 11) is -4.17. The van der Waals surface area contributed by atoms with Crippen molar-refractivity contribution >= 4 is 66.8 Å². The highest BCUT2D eigenvalue weighted by atomic mass is 35.5. The fourth-order valence-corrected chi connectivity index (χ4v) is 6.60. The third kappa shape index (κ3) is 7.03. The van der Waals surface area contributed by atoms with Crippen molar-refractivity contribution in [1.29, 1.82) is 5.41 Å². The van der Waals surface area contributed by atoms with E-state index in [-0.39, 0.29) is 36.2 Å². The summed E-state index contributed by atoms with van der Waals surface area (Å²) in [4.78, 5) is 37.5. The number of fused-ring (bicyclic) bond motifs is 1. The molecule has 38 heavy (non-hydrogen) atoms. The Morgan fingerprint density at radius 2 is 1.89 bits per heavy atom. The zero-order valence-corrected chi connectivity index (χ0v) is 21.8. The van der Waals surface area contributed by atoms with Gasteiger partial charge in [0.25, 0.3) is 22.2 Å². The first-order valence-electron chi connectivity index (χ1n) is 10.8. The van der Waals surface area contributed by atoms with Gasteiger partial charge in [0.1, 0.15) is 4.21 Å². The smallest absolute Gasteiger partial charge is 0.425 e. The normalized spacial score (nSPS) is 15.8. The van der Waals surface area contributed by atoms with E-state index in [4.69, 9.17) is 22.7 Å². The molecule has 18 heteroatoms. The molecule has 3 rings (SSSR count). The number of nitrogens with one attached hydrogen (secondary N) is 3. The van der Waals surface area contributed by atoms with E-state index in [9.17, 15) is 36.0 Å². The van der Waals surface area contributed by atoms with Crippen LogP contribution >= 0.6 is 22.9 Å². The molecule has 1 aliphatic heterocycles. The molecule has 0 aliphatic carbocycles. The molecule has 1 unspecified atom stereocenters. The quantitative estimate of drug-likeness (QED) is 0.142. The largest absolute Gasteiger partial charge is 0.491 e. The van der Waals surface area contributed by atoms with Crippen molar-refractivity contribution in [2.45, 2.75) is 23.0 Å². The molecular formula is C20H22ClF3N6O6S2. The van der Waals surface area contributed by atoms with Gasteiger partial charge in [0.2, 0.25) is 5.91 Å². The maximum atomic E-state index is 13.1. The number of amides is 2. The van der Waals surface area contributed by atoms with E-state index >= 15 is 0 Å². The fourth-order valence-electron chi connectivity index (χ4n) is 3.39. The van der Waals surface area contributed by atoms with Crippen molar-refractivity contribution in [2.75, 3.05) is 32.7 Å². The van der Waals surface area contributed by atoms with Crippen LogP contribution in [0.2, 0.25) is 5.02 Å². The Morgan fingerprint density at radius 1 is 1.21 bits per heavy atom. The molecule has 1 fully saturated rings. The van der Waals surface area contributed by atoms with Crippen molar-refractivity contribution in [2.24, 2.45) is 5.73 Å². The number of hydrogen-bond acceptors (Lipinski definition) is 8. The number of benzene rings is 1. The van der Waals surface area contributed by atoms with Gasteiger partial charge in [-0.1, -0.05) is 17.7 Å². The highest BCUT2D eigenvalue weighted by Gasteiger charge is 2.46. The Morgan fingerprint density at radius 3 is 2.53 bits per heavy atom. The summed E-state index contributed by atoms with van der Waals surface area (Å²) in [5.41, 5.74) is 5.12. The van der Waals surface area contributed by atoms with Gasteiger partial charge in [0.15, 0.2) is 5.96 Å².